The standard InChI is InChI=1S/C15H20ClN3O2/c16-12-3-4-13(19(20)21)14(9-12)18-8-2-6-15(11-18)5-1-7-17-10-15/h3-4,9,17H,1-2,5-8,10-11H2. The molecule has 1 spiro atoms. The summed E-state index contributed by atoms with van der Waals surface area (Å²) in [6, 6.07) is 4.83. The highest BCUT2D eigenvalue weighted by Gasteiger charge is 2.38. The first kappa shape index (κ1) is 14.6. The van der Waals surface area contributed by atoms with Crippen molar-refractivity contribution in [3.8, 4) is 0 Å². The highest BCUT2D eigenvalue weighted by atomic mass is 35.5. The van der Waals surface area contributed by atoms with Gasteiger partial charge in [0.1, 0.15) is 5.69 Å². The zero-order valence-electron chi connectivity index (χ0n) is 12.0. The molecule has 114 valence electrons. The van der Waals surface area contributed by atoms with Gasteiger partial charge < -0.3 is 10.2 Å². The predicted octanol–water partition coefficient (Wildman–Crippen LogP) is 3.22. The number of nitrogens with zero attached hydrogens (tertiary/aromatic N) is 2. The number of hydrogen-bond acceptors (Lipinski definition) is 4. The van der Waals surface area contributed by atoms with Crippen LogP contribution in [0, 0.1) is 15.5 Å². The maximum absolute atomic E-state index is 11.3. The molecular weight excluding hydrogens is 290 g/mol. The third kappa shape index (κ3) is 2.99. The quantitative estimate of drug-likeness (QED) is 0.673. The van der Waals surface area contributed by atoms with Gasteiger partial charge in [0.05, 0.1) is 4.92 Å². The molecule has 0 bridgehead atoms. The van der Waals surface area contributed by atoms with Gasteiger partial charge in [-0.15, -0.1) is 0 Å². The molecule has 0 amide bonds. The van der Waals surface area contributed by atoms with Crippen molar-refractivity contribution in [1.29, 1.82) is 0 Å². The lowest BCUT2D eigenvalue weighted by Gasteiger charge is -2.46. The fourth-order valence-corrected chi connectivity index (χ4v) is 3.86. The lowest BCUT2D eigenvalue weighted by molar-refractivity contribution is -0.384. The summed E-state index contributed by atoms with van der Waals surface area (Å²) in [5.41, 5.74) is 1.07. The Morgan fingerprint density at radius 1 is 1.33 bits per heavy atom. The maximum Gasteiger partial charge on any atom is 0.292 e. The van der Waals surface area contributed by atoms with Crippen LogP contribution < -0.4 is 10.2 Å². The third-order valence-corrected chi connectivity index (χ3v) is 4.93. The summed E-state index contributed by atoms with van der Waals surface area (Å²) in [4.78, 5) is 13.1. The van der Waals surface area contributed by atoms with Gasteiger partial charge in [0.2, 0.25) is 0 Å². The highest BCUT2D eigenvalue weighted by molar-refractivity contribution is 6.31. The molecular formula is C15H20ClN3O2. The Morgan fingerprint density at radius 2 is 2.14 bits per heavy atom. The number of nitro benzene ring substituents is 1. The molecule has 2 fully saturated rings. The zero-order valence-corrected chi connectivity index (χ0v) is 12.7. The first-order valence-corrected chi connectivity index (χ1v) is 7.87. The number of rotatable bonds is 2. The fourth-order valence-electron chi connectivity index (χ4n) is 3.70. The van der Waals surface area contributed by atoms with Crippen molar-refractivity contribution in [1.82, 2.24) is 5.32 Å². The number of halogens is 1. The Hall–Kier alpha value is -1.33. The van der Waals surface area contributed by atoms with Crippen LogP contribution in [0.5, 0.6) is 0 Å². The number of benzene rings is 1. The van der Waals surface area contributed by atoms with Gasteiger partial charge in [-0.25, -0.2) is 0 Å². The summed E-state index contributed by atoms with van der Waals surface area (Å²) in [5, 5.41) is 15.3. The van der Waals surface area contributed by atoms with E-state index in [9.17, 15) is 10.1 Å². The lowest BCUT2D eigenvalue weighted by Crippen LogP contribution is -2.51. The second-order valence-corrected chi connectivity index (χ2v) is 6.63. The molecule has 1 atom stereocenters. The molecule has 1 N–H and O–H groups in total. The molecule has 3 rings (SSSR count). The van der Waals surface area contributed by atoms with Crippen LogP contribution in [0.15, 0.2) is 18.2 Å². The van der Waals surface area contributed by atoms with Crippen LogP contribution >= 0.6 is 11.6 Å². The van der Waals surface area contributed by atoms with E-state index in [1.54, 1.807) is 12.1 Å². The van der Waals surface area contributed by atoms with Crippen molar-refractivity contribution in [3.05, 3.63) is 33.3 Å². The number of anilines is 1. The molecule has 5 nitrogen and oxygen atoms in total. The maximum atomic E-state index is 11.3. The van der Waals surface area contributed by atoms with Crippen molar-refractivity contribution < 1.29 is 4.92 Å². The summed E-state index contributed by atoms with van der Waals surface area (Å²) in [6.45, 7) is 3.83. The van der Waals surface area contributed by atoms with Crippen molar-refractivity contribution >= 4 is 23.0 Å². The zero-order chi connectivity index (χ0) is 14.9. The molecule has 2 saturated heterocycles. The average molecular weight is 310 g/mol. The van der Waals surface area contributed by atoms with Gasteiger partial charge in [-0.3, -0.25) is 10.1 Å². The van der Waals surface area contributed by atoms with E-state index in [2.05, 4.69) is 10.2 Å². The average Bonchev–Trinajstić information content (AvgIpc) is 2.47. The van der Waals surface area contributed by atoms with E-state index in [4.69, 9.17) is 11.6 Å². The number of piperidine rings is 2. The van der Waals surface area contributed by atoms with E-state index >= 15 is 0 Å². The van der Waals surface area contributed by atoms with Gasteiger partial charge in [0, 0.05) is 36.1 Å². The molecule has 0 radical (unpaired) electrons. The molecule has 6 heteroatoms. The monoisotopic (exact) mass is 309 g/mol. The van der Waals surface area contributed by atoms with Gasteiger partial charge in [-0.1, -0.05) is 11.6 Å². The number of nitrogens with one attached hydrogen (secondary N) is 1. The van der Waals surface area contributed by atoms with Crippen LogP contribution in [-0.2, 0) is 0 Å². The Morgan fingerprint density at radius 3 is 2.86 bits per heavy atom. The van der Waals surface area contributed by atoms with Crippen LogP contribution in [0.25, 0.3) is 0 Å². The highest BCUT2D eigenvalue weighted by Crippen LogP contribution is 2.40. The van der Waals surface area contributed by atoms with E-state index in [1.165, 1.54) is 25.3 Å². The molecule has 2 aliphatic rings. The molecule has 1 unspecified atom stereocenters. The molecule has 0 aromatic heterocycles. The molecule has 2 heterocycles. The van der Waals surface area contributed by atoms with E-state index in [0.717, 1.165) is 32.6 Å². The minimum atomic E-state index is -0.313. The molecule has 0 aliphatic carbocycles. The van der Waals surface area contributed by atoms with Crippen LogP contribution in [0.2, 0.25) is 5.02 Å². The first-order valence-electron chi connectivity index (χ1n) is 7.49. The van der Waals surface area contributed by atoms with E-state index in [0.29, 0.717) is 10.7 Å². The second-order valence-electron chi connectivity index (χ2n) is 6.20. The Labute approximate surface area is 129 Å². The molecule has 21 heavy (non-hydrogen) atoms. The van der Waals surface area contributed by atoms with Crippen LogP contribution in [0.1, 0.15) is 25.7 Å². The normalized spacial score (nSPS) is 26.0. The van der Waals surface area contributed by atoms with Crippen LogP contribution in [0.3, 0.4) is 0 Å². The second kappa shape index (κ2) is 5.81. The predicted molar refractivity (Wildman–Crippen MR) is 84.1 cm³/mol. The van der Waals surface area contributed by atoms with Crippen molar-refractivity contribution in [2.24, 2.45) is 5.41 Å². The topological polar surface area (TPSA) is 58.4 Å². The summed E-state index contributed by atoms with van der Waals surface area (Å²) >= 11 is 6.06. The number of hydrogen-bond donors (Lipinski definition) is 1. The van der Waals surface area contributed by atoms with Crippen LogP contribution in [-0.4, -0.2) is 31.1 Å². The van der Waals surface area contributed by atoms with Gasteiger partial charge >= 0.3 is 0 Å². The largest absolute Gasteiger partial charge is 0.365 e. The Kier molecular flexibility index (Phi) is 4.04. The van der Waals surface area contributed by atoms with E-state index < -0.39 is 0 Å². The smallest absolute Gasteiger partial charge is 0.292 e. The minimum absolute atomic E-state index is 0.153. The lowest BCUT2D eigenvalue weighted by atomic mass is 9.74. The van der Waals surface area contributed by atoms with Gasteiger partial charge in [-0.05, 0) is 44.4 Å². The summed E-state index contributed by atoms with van der Waals surface area (Å²) in [6.07, 6.45) is 4.66. The van der Waals surface area contributed by atoms with Crippen LogP contribution in [0.4, 0.5) is 11.4 Å². The SMILES string of the molecule is O=[N+]([O-])c1ccc(Cl)cc1N1CCCC2(CCCNC2)C1. The fraction of sp³-hybridized carbons (Fsp3) is 0.600. The van der Waals surface area contributed by atoms with Gasteiger partial charge in [0.25, 0.3) is 5.69 Å². The molecule has 0 saturated carbocycles. The minimum Gasteiger partial charge on any atom is -0.365 e. The summed E-state index contributed by atoms with van der Waals surface area (Å²) < 4.78 is 0. The van der Waals surface area contributed by atoms with E-state index in [-0.39, 0.29) is 16.0 Å². The third-order valence-electron chi connectivity index (χ3n) is 4.70. The van der Waals surface area contributed by atoms with Crippen molar-refractivity contribution in [2.45, 2.75) is 25.7 Å². The first-order chi connectivity index (χ1) is 10.1. The molecule has 1 aromatic rings. The Balaban J connectivity index is 1.89. The van der Waals surface area contributed by atoms with Crippen molar-refractivity contribution in [3.63, 3.8) is 0 Å². The van der Waals surface area contributed by atoms with Gasteiger partial charge in [-0.2, -0.15) is 0 Å². The van der Waals surface area contributed by atoms with E-state index in [1.807, 2.05) is 0 Å². The summed E-state index contributed by atoms with van der Waals surface area (Å²) in [5.74, 6) is 0. The number of nitro groups is 1. The Bertz CT molecular complexity index is 538. The van der Waals surface area contributed by atoms with Crippen molar-refractivity contribution in [2.75, 3.05) is 31.1 Å². The molecule has 1 aromatic carbocycles. The summed E-state index contributed by atoms with van der Waals surface area (Å²) in [7, 11) is 0. The van der Waals surface area contributed by atoms with Gasteiger partial charge in [0.15, 0.2) is 0 Å². The molecule has 2 aliphatic heterocycles.